The average Bonchev–Trinajstić information content (AvgIpc) is 2.92. The molecule has 2 fully saturated rings. The quantitative estimate of drug-likeness (QED) is 0.184. The van der Waals surface area contributed by atoms with Crippen LogP contribution in [0.15, 0.2) is 67.3 Å². The van der Waals surface area contributed by atoms with Crippen molar-refractivity contribution in [3.8, 4) is 5.75 Å². The van der Waals surface area contributed by atoms with Crippen molar-refractivity contribution in [1.82, 2.24) is 9.80 Å². The molecule has 0 aromatic heterocycles. The Hall–Kier alpha value is -2.96. The zero-order chi connectivity index (χ0) is 27.9. The Balaban J connectivity index is 1.45. The van der Waals surface area contributed by atoms with E-state index in [-0.39, 0.29) is 17.9 Å². The van der Waals surface area contributed by atoms with Gasteiger partial charge in [0.05, 0.1) is 5.60 Å². The highest BCUT2D eigenvalue weighted by atomic mass is 16.5. The molecule has 1 aliphatic heterocycles. The van der Waals surface area contributed by atoms with Gasteiger partial charge in [-0.1, -0.05) is 55.0 Å². The fourth-order valence-corrected chi connectivity index (χ4v) is 6.73. The second kappa shape index (κ2) is 12.9. The highest BCUT2D eigenvalue weighted by Gasteiger charge is 2.58. The first-order valence-corrected chi connectivity index (χ1v) is 14.4. The van der Waals surface area contributed by atoms with Gasteiger partial charge in [-0.2, -0.15) is 0 Å². The number of carbonyl (C=O) groups is 2. The Morgan fingerprint density at radius 1 is 1.13 bits per heavy atom. The number of rotatable bonds is 11. The first kappa shape index (κ1) is 29.0. The number of likely N-dealkylation sites (tertiary alicyclic amines) is 1. The maximum atomic E-state index is 13.3. The number of unbranched alkanes of at least 4 members (excludes halogenated alkanes) is 2. The van der Waals surface area contributed by atoms with Crippen LogP contribution in [0.4, 0.5) is 0 Å². The number of hydrogen-bond donors (Lipinski definition) is 1. The summed E-state index contributed by atoms with van der Waals surface area (Å²) < 4.78 is 5.41. The molecule has 1 saturated heterocycles. The van der Waals surface area contributed by atoms with Crippen LogP contribution in [0.2, 0.25) is 0 Å². The number of β-amino-alcohol motifs (C(OH)–C–C–N with tert-alkyl or cyclic N) is 1. The molecule has 3 atom stereocenters. The summed E-state index contributed by atoms with van der Waals surface area (Å²) in [5.41, 5.74) is 0.848. The number of ether oxygens (including phenoxy) is 1. The molecule has 1 aliphatic carbocycles. The van der Waals surface area contributed by atoms with E-state index < -0.39 is 11.0 Å². The molecule has 1 amide bonds. The molecule has 210 valence electrons. The summed E-state index contributed by atoms with van der Waals surface area (Å²) >= 11 is 0. The van der Waals surface area contributed by atoms with E-state index in [0.29, 0.717) is 31.6 Å². The Morgan fingerprint density at radius 3 is 2.67 bits per heavy atom. The Kier molecular flexibility index (Phi) is 9.62. The second-order valence-corrected chi connectivity index (χ2v) is 11.5. The van der Waals surface area contributed by atoms with Crippen LogP contribution < -0.4 is 4.74 Å². The SMILES string of the molecule is C=CCN1CC[C@@]2(c3cccc(OC(C)=O)c3)C[C@H](N(C)C(=O)CCCCCc3ccccc3)CC[C@]2(O)C1. The van der Waals surface area contributed by atoms with Crippen molar-refractivity contribution in [3.63, 3.8) is 0 Å². The van der Waals surface area contributed by atoms with E-state index >= 15 is 0 Å². The maximum absolute atomic E-state index is 13.3. The van der Waals surface area contributed by atoms with E-state index in [2.05, 4.69) is 35.7 Å². The van der Waals surface area contributed by atoms with Gasteiger partial charge in [0, 0.05) is 44.9 Å². The van der Waals surface area contributed by atoms with Crippen molar-refractivity contribution in [2.45, 2.75) is 81.8 Å². The molecule has 0 spiro atoms. The third-order valence-electron chi connectivity index (χ3n) is 8.88. The van der Waals surface area contributed by atoms with Crippen LogP contribution in [-0.2, 0) is 21.4 Å². The van der Waals surface area contributed by atoms with Crippen molar-refractivity contribution < 1.29 is 19.4 Å². The molecule has 6 heteroatoms. The molecule has 1 N–H and O–H groups in total. The van der Waals surface area contributed by atoms with E-state index in [9.17, 15) is 14.7 Å². The van der Waals surface area contributed by atoms with E-state index in [1.807, 2.05) is 42.3 Å². The number of piperidine rings is 1. The number of benzene rings is 2. The van der Waals surface area contributed by atoms with Gasteiger partial charge in [-0.15, -0.1) is 6.58 Å². The van der Waals surface area contributed by atoms with Gasteiger partial charge in [-0.25, -0.2) is 0 Å². The molecule has 0 unspecified atom stereocenters. The third kappa shape index (κ3) is 6.79. The Bertz CT molecular complexity index is 1140. The smallest absolute Gasteiger partial charge is 0.308 e. The first-order chi connectivity index (χ1) is 18.8. The zero-order valence-electron chi connectivity index (χ0n) is 23.6. The molecular formula is C33H44N2O4. The molecule has 0 radical (unpaired) electrons. The molecule has 4 rings (SSSR count). The van der Waals surface area contributed by atoms with Crippen LogP contribution in [0, 0.1) is 0 Å². The molecule has 2 aliphatic rings. The summed E-state index contributed by atoms with van der Waals surface area (Å²) in [6.45, 7) is 7.41. The minimum atomic E-state index is -0.944. The van der Waals surface area contributed by atoms with Crippen LogP contribution >= 0.6 is 0 Å². The lowest BCUT2D eigenvalue weighted by Gasteiger charge is -2.59. The van der Waals surface area contributed by atoms with Crippen molar-refractivity contribution in [2.75, 3.05) is 26.7 Å². The van der Waals surface area contributed by atoms with Crippen molar-refractivity contribution in [1.29, 1.82) is 0 Å². The topological polar surface area (TPSA) is 70.1 Å². The zero-order valence-corrected chi connectivity index (χ0v) is 23.6. The van der Waals surface area contributed by atoms with Crippen molar-refractivity contribution in [2.24, 2.45) is 0 Å². The minimum Gasteiger partial charge on any atom is -0.427 e. The molecule has 1 saturated carbocycles. The number of esters is 1. The normalized spacial score (nSPS) is 24.9. The Morgan fingerprint density at radius 2 is 1.92 bits per heavy atom. The molecule has 0 bridgehead atoms. The lowest BCUT2D eigenvalue weighted by atomic mass is 9.55. The summed E-state index contributed by atoms with van der Waals surface area (Å²) in [6, 6.07) is 18.2. The molecule has 6 nitrogen and oxygen atoms in total. The number of aryl methyl sites for hydroxylation is 1. The summed E-state index contributed by atoms with van der Waals surface area (Å²) in [5, 5.41) is 12.2. The lowest BCUT2D eigenvalue weighted by molar-refractivity contribution is -0.147. The number of hydrogen-bond acceptors (Lipinski definition) is 5. The van der Waals surface area contributed by atoms with Crippen LogP contribution in [0.5, 0.6) is 5.75 Å². The highest BCUT2D eigenvalue weighted by Crippen LogP contribution is 2.52. The number of fused-ring (bicyclic) bond motifs is 1. The first-order valence-electron chi connectivity index (χ1n) is 14.4. The molecule has 2 aromatic carbocycles. The Labute approximate surface area is 233 Å². The van der Waals surface area contributed by atoms with Gasteiger partial charge in [0.25, 0.3) is 0 Å². The number of nitrogens with zero attached hydrogens (tertiary/aromatic N) is 2. The number of amides is 1. The van der Waals surface area contributed by atoms with E-state index in [1.165, 1.54) is 12.5 Å². The van der Waals surface area contributed by atoms with Crippen molar-refractivity contribution >= 4 is 11.9 Å². The van der Waals surface area contributed by atoms with E-state index in [4.69, 9.17) is 4.74 Å². The van der Waals surface area contributed by atoms with E-state index in [0.717, 1.165) is 57.2 Å². The van der Waals surface area contributed by atoms with Gasteiger partial charge < -0.3 is 14.7 Å². The molecule has 1 heterocycles. The van der Waals surface area contributed by atoms with Crippen LogP contribution in [0.3, 0.4) is 0 Å². The summed E-state index contributed by atoms with van der Waals surface area (Å²) in [5.74, 6) is 0.307. The average molecular weight is 533 g/mol. The summed E-state index contributed by atoms with van der Waals surface area (Å²) in [7, 11) is 1.93. The fraction of sp³-hybridized carbons (Fsp3) is 0.515. The minimum absolute atomic E-state index is 0.0467. The third-order valence-corrected chi connectivity index (χ3v) is 8.88. The largest absolute Gasteiger partial charge is 0.427 e. The predicted molar refractivity (Wildman–Crippen MR) is 155 cm³/mol. The van der Waals surface area contributed by atoms with Gasteiger partial charge in [-0.3, -0.25) is 14.5 Å². The lowest BCUT2D eigenvalue weighted by Crippen LogP contribution is -2.67. The van der Waals surface area contributed by atoms with Gasteiger partial charge in [0.15, 0.2) is 0 Å². The van der Waals surface area contributed by atoms with Crippen LogP contribution in [0.25, 0.3) is 0 Å². The highest BCUT2D eigenvalue weighted by molar-refractivity contribution is 5.76. The van der Waals surface area contributed by atoms with Crippen LogP contribution in [-0.4, -0.2) is 65.1 Å². The van der Waals surface area contributed by atoms with Gasteiger partial charge in [0.1, 0.15) is 5.75 Å². The van der Waals surface area contributed by atoms with Gasteiger partial charge in [0.2, 0.25) is 5.91 Å². The molecule has 39 heavy (non-hydrogen) atoms. The fourth-order valence-electron chi connectivity index (χ4n) is 6.73. The van der Waals surface area contributed by atoms with Crippen LogP contribution in [0.1, 0.15) is 69.4 Å². The van der Waals surface area contributed by atoms with Gasteiger partial charge in [-0.05, 0) is 74.8 Å². The number of aliphatic hydroxyl groups is 1. The van der Waals surface area contributed by atoms with E-state index in [1.54, 1.807) is 6.07 Å². The standard InChI is InChI=1S/C33H44N2O4/c1-4-21-35-22-20-32(28-15-11-16-30(23-28)39-26(2)36)24-29(18-19-33(32,38)25-35)34(3)31(37)17-10-6-9-14-27-12-7-5-8-13-27/h4-5,7-8,11-13,15-16,23,29,38H,1,6,9-10,14,17-22,24-25H2,2-3H3/t29-,32+,33+/m1/s1. The monoisotopic (exact) mass is 532 g/mol. The van der Waals surface area contributed by atoms with Gasteiger partial charge >= 0.3 is 5.97 Å². The predicted octanol–water partition coefficient (Wildman–Crippen LogP) is 5.29. The molecular weight excluding hydrogens is 488 g/mol. The summed E-state index contributed by atoms with van der Waals surface area (Å²) in [4.78, 5) is 29.1. The maximum Gasteiger partial charge on any atom is 0.308 e. The second-order valence-electron chi connectivity index (χ2n) is 11.5. The summed E-state index contributed by atoms with van der Waals surface area (Å²) in [6.07, 6.45) is 9.31. The molecule has 2 aromatic rings. The van der Waals surface area contributed by atoms with Crippen molar-refractivity contribution in [3.05, 3.63) is 78.4 Å². The number of carbonyl (C=O) groups excluding carboxylic acids is 2.